The van der Waals surface area contributed by atoms with Crippen molar-refractivity contribution in [3.05, 3.63) is 35.1 Å². The summed E-state index contributed by atoms with van der Waals surface area (Å²) < 4.78 is 13.4. The number of benzene rings is 1. The number of thioether (sulfide) groups is 1. The average Bonchev–Trinajstić information content (AvgIpc) is 2.20. The highest BCUT2D eigenvalue weighted by Gasteiger charge is 2.04. The van der Waals surface area contributed by atoms with Crippen LogP contribution in [0.3, 0.4) is 0 Å². The molecule has 1 aromatic carbocycles. The zero-order valence-corrected chi connectivity index (χ0v) is 9.77. The first kappa shape index (κ1) is 12.1. The highest BCUT2D eigenvalue weighted by atomic mass is 32.2. The van der Waals surface area contributed by atoms with Gasteiger partial charge < -0.3 is 0 Å². The maximum Gasteiger partial charge on any atom is 0.128 e. The van der Waals surface area contributed by atoms with Gasteiger partial charge in [0.1, 0.15) is 5.82 Å². The van der Waals surface area contributed by atoms with E-state index in [1.165, 1.54) is 6.07 Å². The standard InChI is InChI=1S/C12H14FNS/c1-9(2)7-15-8-11-4-3-10(6-14)5-12(11)13/h3-5,9H,7-8H2,1-2H3. The van der Waals surface area contributed by atoms with Crippen LogP contribution in [-0.2, 0) is 5.75 Å². The normalized spacial score (nSPS) is 10.3. The third-order valence-electron chi connectivity index (χ3n) is 1.89. The van der Waals surface area contributed by atoms with Crippen molar-refractivity contribution < 1.29 is 4.39 Å². The molecule has 0 amide bonds. The first-order valence-corrected chi connectivity index (χ1v) is 6.05. The molecule has 0 heterocycles. The Morgan fingerprint density at radius 1 is 1.47 bits per heavy atom. The van der Waals surface area contributed by atoms with E-state index in [0.717, 1.165) is 5.75 Å². The van der Waals surface area contributed by atoms with Crippen LogP contribution in [0.4, 0.5) is 4.39 Å². The van der Waals surface area contributed by atoms with Gasteiger partial charge in [-0.15, -0.1) is 0 Å². The molecule has 1 rings (SSSR count). The van der Waals surface area contributed by atoms with Gasteiger partial charge in [-0.25, -0.2) is 4.39 Å². The topological polar surface area (TPSA) is 23.8 Å². The molecule has 0 spiro atoms. The summed E-state index contributed by atoms with van der Waals surface area (Å²) in [6, 6.07) is 6.58. The van der Waals surface area contributed by atoms with E-state index in [1.54, 1.807) is 23.9 Å². The van der Waals surface area contributed by atoms with Crippen LogP contribution < -0.4 is 0 Å². The van der Waals surface area contributed by atoms with E-state index in [9.17, 15) is 4.39 Å². The number of nitriles is 1. The maximum absolute atomic E-state index is 13.4. The minimum Gasteiger partial charge on any atom is -0.207 e. The molecule has 3 heteroatoms. The molecule has 0 saturated heterocycles. The number of rotatable bonds is 4. The van der Waals surface area contributed by atoms with E-state index >= 15 is 0 Å². The molecule has 1 aromatic rings. The SMILES string of the molecule is CC(C)CSCc1ccc(C#N)cc1F. The number of hydrogen-bond acceptors (Lipinski definition) is 2. The third kappa shape index (κ3) is 3.93. The van der Waals surface area contributed by atoms with Crippen molar-refractivity contribution in [2.75, 3.05) is 5.75 Å². The van der Waals surface area contributed by atoms with Crippen LogP contribution in [0, 0.1) is 23.1 Å². The third-order valence-corrected chi connectivity index (χ3v) is 3.31. The van der Waals surface area contributed by atoms with Crippen LogP contribution >= 0.6 is 11.8 Å². The monoisotopic (exact) mass is 223 g/mol. The lowest BCUT2D eigenvalue weighted by atomic mass is 10.1. The summed E-state index contributed by atoms with van der Waals surface area (Å²) >= 11 is 1.72. The highest BCUT2D eigenvalue weighted by Crippen LogP contribution is 2.18. The predicted molar refractivity (Wildman–Crippen MR) is 62.1 cm³/mol. The van der Waals surface area contributed by atoms with Gasteiger partial charge in [0.05, 0.1) is 11.6 Å². The summed E-state index contributed by atoms with van der Waals surface area (Å²) in [4.78, 5) is 0. The Morgan fingerprint density at radius 2 is 2.20 bits per heavy atom. The Morgan fingerprint density at radius 3 is 2.73 bits per heavy atom. The van der Waals surface area contributed by atoms with Gasteiger partial charge in [0, 0.05) is 5.75 Å². The largest absolute Gasteiger partial charge is 0.207 e. The molecular weight excluding hydrogens is 209 g/mol. The molecule has 1 nitrogen and oxygen atoms in total. The van der Waals surface area contributed by atoms with Gasteiger partial charge in [-0.2, -0.15) is 17.0 Å². The second-order valence-corrected chi connectivity index (χ2v) is 4.86. The van der Waals surface area contributed by atoms with Crippen LogP contribution in [0.5, 0.6) is 0 Å². The van der Waals surface area contributed by atoms with Gasteiger partial charge in [-0.3, -0.25) is 0 Å². The Balaban J connectivity index is 2.59. The molecule has 0 unspecified atom stereocenters. The first-order valence-electron chi connectivity index (χ1n) is 4.89. The van der Waals surface area contributed by atoms with Crippen LogP contribution in [0.2, 0.25) is 0 Å². The van der Waals surface area contributed by atoms with Gasteiger partial charge in [-0.05, 0) is 29.4 Å². The van der Waals surface area contributed by atoms with Gasteiger partial charge in [0.2, 0.25) is 0 Å². The summed E-state index contributed by atoms with van der Waals surface area (Å²) in [6.07, 6.45) is 0. The molecule has 0 N–H and O–H groups in total. The minimum atomic E-state index is -0.273. The van der Waals surface area contributed by atoms with Crippen molar-refractivity contribution in [2.45, 2.75) is 19.6 Å². The molecule has 0 atom stereocenters. The van der Waals surface area contributed by atoms with Crippen molar-refractivity contribution in [1.82, 2.24) is 0 Å². The van der Waals surface area contributed by atoms with Gasteiger partial charge >= 0.3 is 0 Å². The summed E-state index contributed by atoms with van der Waals surface area (Å²) in [5, 5.41) is 8.58. The molecule has 80 valence electrons. The zero-order valence-electron chi connectivity index (χ0n) is 8.96. The number of nitrogens with zero attached hydrogens (tertiary/aromatic N) is 1. The molecule has 0 aliphatic carbocycles. The molecule has 0 bridgehead atoms. The summed E-state index contributed by atoms with van der Waals surface area (Å²) in [5.74, 6) is 2.05. The van der Waals surface area contributed by atoms with Gasteiger partial charge in [0.25, 0.3) is 0 Å². The Labute approximate surface area is 94.3 Å². The fraction of sp³-hybridized carbons (Fsp3) is 0.417. The van der Waals surface area contributed by atoms with Gasteiger partial charge in [0.15, 0.2) is 0 Å². The van der Waals surface area contributed by atoms with E-state index in [2.05, 4.69) is 13.8 Å². The molecule has 15 heavy (non-hydrogen) atoms. The van der Waals surface area contributed by atoms with Crippen LogP contribution in [0.25, 0.3) is 0 Å². The zero-order chi connectivity index (χ0) is 11.3. The molecule has 0 aromatic heterocycles. The van der Waals surface area contributed by atoms with Crippen molar-refractivity contribution >= 4 is 11.8 Å². The molecule has 0 saturated carbocycles. The predicted octanol–water partition coefficient (Wildman–Crippen LogP) is 3.59. The highest BCUT2D eigenvalue weighted by molar-refractivity contribution is 7.98. The summed E-state index contributed by atoms with van der Waals surface area (Å²) in [6.45, 7) is 4.28. The first-order chi connectivity index (χ1) is 7.13. The molecular formula is C12H14FNS. The quantitative estimate of drug-likeness (QED) is 0.779. The van der Waals surface area contributed by atoms with E-state index in [1.807, 2.05) is 6.07 Å². The Bertz CT molecular complexity index is 368. The van der Waals surface area contributed by atoms with E-state index < -0.39 is 0 Å². The lowest BCUT2D eigenvalue weighted by molar-refractivity contribution is 0.616. The van der Waals surface area contributed by atoms with Crippen molar-refractivity contribution in [2.24, 2.45) is 5.92 Å². The molecule has 0 fully saturated rings. The smallest absolute Gasteiger partial charge is 0.128 e. The van der Waals surface area contributed by atoms with Crippen LogP contribution in [0.15, 0.2) is 18.2 Å². The number of halogens is 1. The number of hydrogen-bond donors (Lipinski definition) is 0. The second-order valence-electron chi connectivity index (χ2n) is 3.83. The second kappa shape index (κ2) is 5.77. The maximum atomic E-state index is 13.4. The van der Waals surface area contributed by atoms with Gasteiger partial charge in [-0.1, -0.05) is 19.9 Å². The van der Waals surface area contributed by atoms with Crippen LogP contribution in [0.1, 0.15) is 25.0 Å². The van der Waals surface area contributed by atoms with E-state index in [4.69, 9.17) is 5.26 Å². The summed E-state index contributed by atoms with van der Waals surface area (Å²) in [7, 11) is 0. The molecule has 0 radical (unpaired) electrons. The lowest BCUT2D eigenvalue weighted by Crippen LogP contribution is -1.94. The lowest BCUT2D eigenvalue weighted by Gasteiger charge is -2.05. The minimum absolute atomic E-state index is 0.273. The van der Waals surface area contributed by atoms with E-state index in [0.29, 0.717) is 22.8 Å². The van der Waals surface area contributed by atoms with Crippen molar-refractivity contribution in [3.63, 3.8) is 0 Å². The Kier molecular flexibility index (Phi) is 4.64. The molecule has 0 aliphatic heterocycles. The fourth-order valence-corrected chi connectivity index (χ4v) is 2.18. The summed E-state index contributed by atoms with van der Waals surface area (Å²) in [5.41, 5.74) is 1.06. The fourth-order valence-electron chi connectivity index (χ4n) is 1.14. The molecule has 0 aliphatic rings. The van der Waals surface area contributed by atoms with Crippen LogP contribution in [-0.4, -0.2) is 5.75 Å². The average molecular weight is 223 g/mol. The Hall–Kier alpha value is -1.01. The van der Waals surface area contributed by atoms with E-state index in [-0.39, 0.29) is 5.82 Å². The van der Waals surface area contributed by atoms with Crippen molar-refractivity contribution in [1.29, 1.82) is 5.26 Å². The van der Waals surface area contributed by atoms with Crippen molar-refractivity contribution in [3.8, 4) is 6.07 Å².